The van der Waals surface area contributed by atoms with Gasteiger partial charge in [0.05, 0.1) is 24.7 Å². The lowest BCUT2D eigenvalue weighted by Crippen LogP contribution is -2.48. The minimum atomic E-state index is -0.374. The van der Waals surface area contributed by atoms with Crippen molar-refractivity contribution >= 4 is 0 Å². The summed E-state index contributed by atoms with van der Waals surface area (Å²) in [6, 6.07) is 11.1. The Balaban J connectivity index is 1.65. The molecule has 1 aliphatic heterocycles. The molecule has 0 bridgehead atoms. The molecule has 3 rings (SSSR count). The summed E-state index contributed by atoms with van der Waals surface area (Å²) in [4.78, 5) is 4.15. The van der Waals surface area contributed by atoms with Crippen molar-refractivity contribution in [2.24, 2.45) is 0 Å². The summed E-state index contributed by atoms with van der Waals surface area (Å²) in [5.74, 6) is 1.33. The van der Waals surface area contributed by atoms with Gasteiger partial charge in [-0.15, -0.1) is 0 Å². The number of hydrogen-bond donors (Lipinski definition) is 0. The van der Waals surface area contributed by atoms with Gasteiger partial charge in [0.15, 0.2) is 12.1 Å². The van der Waals surface area contributed by atoms with Gasteiger partial charge < -0.3 is 8.83 Å². The third-order valence-electron chi connectivity index (χ3n) is 3.95. The van der Waals surface area contributed by atoms with Crippen LogP contribution in [0.25, 0.3) is 0 Å². The lowest BCUT2D eigenvalue weighted by atomic mass is 10.1. The van der Waals surface area contributed by atoms with E-state index in [1.54, 1.807) is 24.7 Å². The molecule has 2 aromatic rings. The summed E-state index contributed by atoms with van der Waals surface area (Å²) in [7, 11) is 0. The molecule has 0 N–H and O–H groups in total. The predicted molar refractivity (Wildman–Crippen MR) is 77.3 cm³/mol. The lowest BCUT2D eigenvalue weighted by Gasteiger charge is -2.37. The highest BCUT2D eigenvalue weighted by Gasteiger charge is 2.31. The fraction of sp³-hybridized carbons (Fsp3) is 0.375. The smallest absolute Gasteiger partial charge is 0.156 e. The molecule has 0 saturated carbocycles. The molecule has 2 aromatic heterocycles. The van der Waals surface area contributed by atoms with Gasteiger partial charge >= 0.3 is 0 Å². The summed E-state index contributed by atoms with van der Waals surface area (Å²) in [6.07, 6.45) is 3.16. The van der Waals surface area contributed by atoms with Crippen LogP contribution in [0.2, 0.25) is 0 Å². The van der Waals surface area contributed by atoms with Crippen molar-refractivity contribution in [2.45, 2.75) is 12.1 Å². The zero-order chi connectivity index (χ0) is 15.4. The van der Waals surface area contributed by atoms with Gasteiger partial charge in [0.2, 0.25) is 0 Å². The van der Waals surface area contributed by atoms with E-state index in [0.29, 0.717) is 37.7 Å². The van der Waals surface area contributed by atoms with Gasteiger partial charge in [-0.2, -0.15) is 10.5 Å². The quantitative estimate of drug-likeness (QED) is 0.861. The average Bonchev–Trinajstić information content (AvgIpc) is 3.24. The molecule has 1 aliphatic rings. The Morgan fingerprint density at radius 2 is 1.23 bits per heavy atom. The maximum absolute atomic E-state index is 9.39. The Morgan fingerprint density at radius 1 is 0.818 bits per heavy atom. The summed E-state index contributed by atoms with van der Waals surface area (Å²) in [5.41, 5.74) is 0. The Hall–Kier alpha value is -2.54. The van der Waals surface area contributed by atoms with E-state index in [0.717, 1.165) is 0 Å². The third kappa shape index (κ3) is 2.75. The molecule has 3 heterocycles. The van der Waals surface area contributed by atoms with Gasteiger partial charge in [-0.1, -0.05) is 0 Å². The molecule has 6 heteroatoms. The molecule has 1 saturated heterocycles. The first-order chi connectivity index (χ1) is 10.8. The summed E-state index contributed by atoms with van der Waals surface area (Å²) >= 11 is 0. The second kappa shape index (κ2) is 6.48. The largest absolute Gasteiger partial charge is 0.467 e. The fourth-order valence-corrected chi connectivity index (χ4v) is 2.80. The topological polar surface area (TPSA) is 80.3 Å². The first kappa shape index (κ1) is 14.4. The Labute approximate surface area is 128 Å². The maximum atomic E-state index is 9.39. The number of nitriles is 2. The number of rotatable bonds is 4. The van der Waals surface area contributed by atoms with Crippen LogP contribution in [-0.2, 0) is 0 Å². The van der Waals surface area contributed by atoms with E-state index in [-0.39, 0.29) is 12.1 Å². The normalized spacial score (nSPS) is 19.2. The minimum absolute atomic E-state index is 0.374. The van der Waals surface area contributed by atoms with Crippen LogP contribution in [-0.4, -0.2) is 36.0 Å². The van der Waals surface area contributed by atoms with Gasteiger partial charge in [0, 0.05) is 26.2 Å². The molecule has 112 valence electrons. The standard InChI is InChI=1S/C16H16N4O2/c17-11-13(15-3-1-9-21-15)19-5-7-20(8-6-19)14(12-18)16-4-2-10-22-16/h1-4,9-10,13-14H,5-8H2/t13-,14-/m0/s1. The van der Waals surface area contributed by atoms with E-state index in [9.17, 15) is 10.5 Å². The average molecular weight is 296 g/mol. The van der Waals surface area contributed by atoms with Crippen LogP contribution in [0.3, 0.4) is 0 Å². The predicted octanol–water partition coefficient (Wildman–Crippen LogP) is 2.32. The van der Waals surface area contributed by atoms with Crippen LogP contribution in [0, 0.1) is 22.7 Å². The van der Waals surface area contributed by atoms with Crippen LogP contribution in [0.4, 0.5) is 0 Å². The Kier molecular flexibility index (Phi) is 4.24. The van der Waals surface area contributed by atoms with E-state index in [2.05, 4.69) is 21.9 Å². The Bertz CT molecular complexity index is 598. The van der Waals surface area contributed by atoms with E-state index in [1.165, 1.54) is 0 Å². The van der Waals surface area contributed by atoms with Crippen molar-refractivity contribution in [1.29, 1.82) is 10.5 Å². The minimum Gasteiger partial charge on any atom is -0.467 e. The third-order valence-corrected chi connectivity index (χ3v) is 3.95. The van der Waals surface area contributed by atoms with Crippen LogP contribution >= 0.6 is 0 Å². The van der Waals surface area contributed by atoms with Crippen LogP contribution < -0.4 is 0 Å². The molecule has 0 spiro atoms. The van der Waals surface area contributed by atoms with Crippen LogP contribution in [0.1, 0.15) is 23.6 Å². The fourth-order valence-electron chi connectivity index (χ4n) is 2.80. The van der Waals surface area contributed by atoms with Crippen molar-refractivity contribution in [3.8, 4) is 12.1 Å². The molecule has 0 amide bonds. The molecule has 0 radical (unpaired) electrons. The van der Waals surface area contributed by atoms with Gasteiger partial charge in [-0.25, -0.2) is 0 Å². The maximum Gasteiger partial charge on any atom is 0.156 e. The number of furan rings is 2. The highest BCUT2D eigenvalue weighted by Crippen LogP contribution is 2.26. The van der Waals surface area contributed by atoms with Crippen LogP contribution in [0.15, 0.2) is 45.6 Å². The van der Waals surface area contributed by atoms with Gasteiger partial charge in [0.25, 0.3) is 0 Å². The molecular formula is C16H16N4O2. The highest BCUT2D eigenvalue weighted by atomic mass is 16.3. The number of hydrogen-bond acceptors (Lipinski definition) is 6. The van der Waals surface area contributed by atoms with E-state index >= 15 is 0 Å². The summed E-state index contributed by atoms with van der Waals surface area (Å²) in [5, 5.41) is 18.8. The van der Waals surface area contributed by atoms with Gasteiger partial charge in [-0.05, 0) is 24.3 Å². The summed E-state index contributed by atoms with van der Waals surface area (Å²) < 4.78 is 10.7. The monoisotopic (exact) mass is 296 g/mol. The SMILES string of the molecule is N#C[C@@H](c1ccco1)N1CCN([C@@H](C#N)c2ccco2)CC1. The van der Waals surface area contributed by atoms with E-state index in [4.69, 9.17) is 8.83 Å². The molecule has 6 nitrogen and oxygen atoms in total. The van der Waals surface area contributed by atoms with Crippen molar-refractivity contribution in [1.82, 2.24) is 9.80 Å². The molecule has 0 unspecified atom stereocenters. The van der Waals surface area contributed by atoms with Crippen molar-refractivity contribution in [2.75, 3.05) is 26.2 Å². The first-order valence-electron chi connectivity index (χ1n) is 7.17. The molecule has 0 aromatic carbocycles. The first-order valence-corrected chi connectivity index (χ1v) is 7.17. The van der Waals surface area contributed by atoms with E-state index < -0.39 is 0 Å². The molecule has 2 atom stereocenters. The summed E-state index contributed by atoms with van der Waals surface area (Å²) in [6.45, 7) is 2.82. The number of piperazine rings is 1. The van der Waals surface area contributed by atoms with E-state index in [1.807, 2.05) is 12.1 Å². The highest BCUT2D eigenvalue weighted by molar-refractivity contribution is 5.15. The molecule has 0 aliphatic carbocycles. The zero-order valence-corrected chi connectivity index (χ0v) is 12.1. The Morgan fingerprint density at radius 3 is 1.50 bits per heavy atom. The zero-order valence-electron chi connectivity index (χ0n) is 12.1. The number of nitrogens with zero attached hydrogens (tertiary/aromatic N) is 4. The van der Waals surface area contributed by atoms with Gasteiger partial charge in [0.1, 0.15) is 11.5 Å². The van der Waals surface area contributed by atoms with Crippen molar-refractivity contribution < 1.29 is 8.83 Å². The van der Waals surface area contributed by atoms with Gasteiger partial charge in [-0.3, -0.25) is 9.80 Å². The van der Waals surface area contributed by atoms with Crippen molar-refractivity contribution in [3.63, 3.8) is 0 Å². The van der Waals surface area contributed by atoms with Crippen LogP contribution in [0.5, 0.6) is 0 Å². The van der Waals surface area contributed by atoms with Crippen molar-refractivity contribution in [3.05, 3.63) is 48.3 Å². The molecular weight excluding hydrogens is 280 g/mol. The molecule has 1 fully saturated rings. The second-order valence-electron chi connectivity index (χ2n) is 5.17. The second-order valence-corrected chi connectivity index (χ2v) is 5.17. The molecule has 22 heavy (non-hydrogen) atoms. The lowest BCUT2D eigenvalue weighted by molar-refractivity contribution is 0.0857.